The minimum absolute atomic E-state index is 0.260. The summed E-state index contributed by atoms with van der Waals surface area (Å²) in [6.45, 7) is 3.56. The number of furan rings is 1. The van der Waals surface area contributed by atoms with Gasteiger partial charge in [-0.25, -0.2) is 9.97 Å². The molecular weight excluding hydrogens is 314 g/mol. The second-order valence-electron chi connectivity index (χ2n) is 7.23. The monoisotopic (exact) mass is 337 g/mol. The van der Waals surface area contributed by atoms with Crippen LogP contribution >= 0.6 is 0 Å². The van der Waals surface area contributed by atoms with Crippen molar-refractivity contribution in [2.24, 2.45) is 5.41 Å². The lowest BCUT2D eigenvalue weighted by Gasteiger charge is -2.35. The SMILES string of the molecule is CC1(C(=O)N2CCc3ncnc(-c4ccoc4)c3CC2)CC=CCC1. The summed E-state index contributed by atoms with van der Waals surface area (Å²) in [7, 11) is 0. The third-order valence-corrected chi connectivity index (χ3v) is 5.48. The van der Waals surface area contributed by atoms with Gasteiger partial charge in [0.2, 0.25) is 5.91 Å². The highest BCUT2D eigenvalue weighted by Gasteiger charge is 2.37. The molecule has 5 nitrogen and oxygen atoms in total. The Morgan fingerprint density at radius 3 is 2.88 bits per heavy atom. The Labute approximate surface area is 147 Å². The van der Waals surface area contributed by atoms with Gasteiger partial charge in [0.25, 0.3) is 0 Å². The van der Waals surface area contributed by atoms with Crippen LogP contribution in [0.5, 0.6) is 0 Å². The fraction of sp³-hybridized carbons (Fsp3) is 0.450. The minimum Gasteiger partial charge on any atom is -0.472 e. The lowest BCUT2D eigenvalue weighted by Crippen LogP contribution is -2.44. The van der Waals surface area contributed by atoms with Crippen LogP contribution in [0.1, 0.15) is 37.4 Å². The van der Waals surface area contributed by atoms with E-state index in [4.69, 9.17) is 4.42 Å². The molecule has 1 amide bonds. The molecule has 1 aliphatic carbocycles. The summed E-state index contributed by atoms with van der Waals surface area (Å²) >= 11 is 0. The molecule has 1 unspecified atom stereocenters. The van der Waals surface area contributed by atoms with Crippen molar-refractivity contribution in [3.8, 4) is 11.3 Å². The number of carbonyl (C=O) groups excluding carboxylic acids is 1. The van der Waals surface area contributed by atoms with Crippen LogP contribution in [0.2, 0.25) is 0 Å². The molecule has 0 saturated heterocycles. The van der Waals surface area contributed by atoms with Gasteiger partial charge in [0, 0.05) is 36.3 Å². The summed E-state index contributed by atoms with van der Waals surface area (Å²) in [4.78, 5) is 24.1. The third-order valence-electron chi connectivity index (χ3n) is 5.48. The van der Waals surface area contributed by atoms with Crippen LogP contribution in [0.25, 0.3) is 11.3 Å². The second kappa shape index (κ2) is 6.47. The summed E-state index contributed by atoms with van der Waals surface area (Å²) in [5, 5.41) is 0. The number of fused-ring (bicyclic) bond motifs is 1. The maximum atomic E-state index is 13.1. The van der Waals surface area contributed by atoms with Gasteiger partial charge in [-0.2, -0.15) is 0 Å². The molecule has 0 fully saturated rings. The molecule has 0 spiro atoms. The number of aromatic nitrogens is 2. The van der Waals surface area contributed by atoms with Crippen molar-refractivity contribution in [3.05, 3.63) is 48.3 Å². The molecule has 130 valence electrons. The molecule has 0 aromatic carbocycles. The first-order valence-electron chi connectivity index (χ1n) is 8.97. The van der Waals surface area contributed by atoms with Gasteiger partial charge in [0.05, 0.1) is 23.6 Å². The van der Waals surface area contributed by atoms with Crippen molar-refractivity contribution in [2.45, 2.75) is 39.0 Å². The highest BCUT2D eigenvalue weighted by molar-refractivity contribution is 5.83. The Morgan fingerprint density at radius 2 is 2.12 bits per heavy atom. The number of hydrogen-bond donors (Lipinski definition) is 0. The van der Waals surface area contributed by atoms with E-state index in [0.717, 1.165) is 67.7 Å². The summed E-state index contributed by atoms with van der Waals surface area (Å²) < 4.78 is 5.21. The van der Waals surface area contributed by atoms with Gasteiger partial charge in [0.15, 0.2) is 0 Å². The molecule has 1 aliphatic heterocycles. The van der Waals surface area contributed by atoms with Gasteiger partial charge in [0.1, 0.15) is 6.33 Å². The summed E-state index contributed by atoms with van der Waals surface area (Å²) in [6, 6.07) is 1.92. The zero-order chi connectivity index (χ0) is 17.3. The number of nitrogens with zero attached hydrogens (tertiary/aromatic N) is 3. The first-order chi connectivity index (χ1) is 12.2. The van der Waals surface area contributed by atoms with Crippen LogP contribution in [0.4, 0.5) is 0 Å². The average Bonchev–Trinajstić information content (AvgIpc) is 3.08. The molecule has 25 heavy (non-hydrogen) atoms. The molecule has 0 saturated carbocycles. The fourth-order valence-corrected chi connectivity index (χ4v) is 3.92. The Balaban J connectivity index is 1.57. The zero-order valence-electron chi connectivity index (χ0n) is 14.6. The fourth-order valence-electron chi connectivity index (χ4n) is 3.92. The van der Waals surface area contributed by atoms with Crippen molar-refractivity contribution in [1.82, 2.24) is 14.9 Å². The van der Waals surface area contributed by atoms with Crippen LogP contribution in [-0.2, 0) is 17.6 Å². The maximum absolute atomic E-state index is 13.1. The van der Waals surface area contributed by atoms with E-state index in [2.05, 4.69) is 29.0 Å². The van der Waals surface area contributed by atoms with Crippen LogP contribution in [0.15, 0.2) is 41.5 Å². The Hall–Kier alpha value is -2.43. The largest absolute Gasteiger partial charge is 0.472 e. The van der Waals surface area contributed by atoms with E-state index in [0.29, 0.717) is 0 Å². The van der Waals surface area contributed by atoms with Gasteiger partial charge in [-0.05, 0) is 31.7 Å². The predicted molar refractivity (Wildman–Crippen MR) is 94.8 cm³/mol. The summed E-state index contributed by atoms with van der Waals surface area (Å²) in [5.74, 6) is 0.280. The van der Waals surface area contributed by atoms with Crippen LogP contribution < -0.4 is 0 Å². The molecule has 2 aromatic heterocycles. The zero-order valence-corrected chi connectivity index (χ0v) is 14.6. The van der Waals surface area contributed by atoms with Crippen molar-refractivity contribution in [2.75, 3.05) is 13.1 Å². The lowest BCUT2D eigenvalue weighted by atomic mass is 9.77. The van der Waals surface area contributed by atoms with Gasteiger partial charge in [-0.3, -0.25) is 4.79 Å². The smallest absolute Gasteiger partial charge is 0.228 e. The van der Waals surface area contributed by atoms with Gasteiger partial charge >= 0.3 is 0 Å². The van der Waals surface area contributed by atoms with Crippen LogP contribution in [0.3, 0.4) is 0 Å². The van der Waals surface area contributed by atoms with E-state index < -0.39 is 0 Å². The highest BCUT2D eigenvalue weighted by Crippen LogP contribution is 2.35. The molecule has 4 rings (SSSR count). The quantitative estimate of drug-likeness (QED) is 0.788. The first kappa shape index (κ1) is 16.1. The minimum atomic E-state index is -0.260. The molecular formula is C20H23N3O2. The maximum Gasteiger partial charge on any atom is 0.228 e. The van der Waals surface area contributed by atoms with Crippen molar-refractivity contribution < 1.29 is 9.21 Å². The molecule has 5 heteroatoms. The first-order valence-corrected chi connectivity index (χ1v) is 8.97. The lowest BCUT2D eigenvalue weighted by molar-refractivity contribution is -0.141. The highest BCUT2D eigenvalue weighted by atomic mass is 16.3. The van der Waals surface area contributed by atoms with E-state index >= 15 is 0 Å². The molecule has 2 aromatic rings. The van der Waals surface area contributed by atoms with Gasteiger partial charge in [-0.15, -0.1) is 0 Å². The predicted octanol–water partition coefficient (Wildman–Crippen LogP) is 3.41. The number of allylic oxidation sites excluding steroid dienone is 2. The van der Waals surface area contributed by atoms with Crippen molar-refractivity contribution in [3.63, 3.8) is 0 Å². The molecule has 3 heterocycles. The summed E-state index contributed by atoms with van der Waals surface area (Å²) in [5.41, 5.74) is 3.84. The molecule has 0 N–H and O–H groups in total. The Kier molecular flexibility index (Phi) is 4.15. The van der Waals surface area contributed by atoms with E-state index in [1.807, 2.05) is 11.0 Å². The van der Waals surface area contributed by atoms with Crippen molar-refractivity contribution in [1.29, 1.82) is 0 Å². The van der Waals surface area contributed by atoms with Gasteiger partial charge < -0.3 is 9.32 Å². The molecule has 1 atom stereocenters. The molecule has 0 bridgehead atoms. The second-order valence-corrected chi connectivity index (χ2v) is 7.23. The summed E-state index contributed by atoms with van der Waals surface area (Å²) in [6.07, 6.45) is 13.7. The number of rotatable bonds is 2. The topological polar surface area (TPSA) is 59.2 Å². The van der Waals surface area contributed by atoms with Crippen molar-refractivity contribution >= 4 is 5.91 Å². The molecule has 2 aliphatic rings. The van der Waals surface area contributed by atoms with E-state index in [1.165, 1.54) is 0 Å². The van der Waals surface area contributed by atoms with E-state index in [1.54, 1.807) is 18.9 Å². The normalized spacial score (nSPS) is 23.2. The molecule has 0 radical (unpaired) electrons. The number of carbonyl (C=O) groups is 1. The van der Waals surface area contributed by atoms with E-state index in [9.17, 15) is 4.79 Å². The van der Waals surface area contributed by atoms with Gasteiger partial charge in [-0.1, -0.05) is 19.1 Å². The Bertz CT molecular complexity index is 797. The van der Waals surface area contributed by atoms with Crippen LogP contribution in [0, 0.1) is 5.41 Å². The number of amides is 1. The average molecular weight is 337 g/mol. The number of hydrogen-bond acceptors (Lipinski definition) is 4. The standard InChI is InChI=1S/C20H23N3O2/c1-20(8-3-2-4-9-20)19(24)23-10-5-16-17(6-11-23)21-14-22-18(16)15-7-12-25-13-15/h2-3,7,12-14H,4-6,8-11H2,1H3. The van der Waals surface area contributed by atoms with E-state index in [-0.39, 0.29) is 11.3 Å². The third kappa shape index (κ3) is 2.99. The Morgan fingerprint density at radius 1 is 1.24 bits per heavy atom. The van der Waals surface area contributed by atoms with Crippen LogP contribution in [-0.4, -0.2) is 33.9 Å².